The van der Waals surface area contributed by atoms with E-state index in [2.05, 4.69) is 52.0 Å². The predicted molar refractivity (Wildman–Crippen MR) is 134 cm³/mol. The summed E-state index contributed by atoms with van der Waals surface area (Å²) in [6, 6.07) is 12.6. The van der Waals surface area contributed by atoms with Gasteiger partial charge in [-0.1, -0.05) is 64.1 Å². The summed E-state index contributed by atoms with van der Waals surface area (Å²) in [7, 11) is 0. The highest BCUT2D eigenvalue weighted by atomic mass is 16.1. The average Bonchev–Trinajstić information content (AvgIpc) is 3.09. The zero-order valence-electron chi connectivity index (χ0n) is 20.4. The van der Waals surface area contributed by atoms with E-state index in [0.717, 1.165) is 39.0 Å². The molecule has 0 aliphatic heterocycles. The number of aryl methyl sites for hydroxylation is 3. The first-order valence-electron chi connectivity index (χ1n) is 11.5. The minimum Gasteiger partial charge on any atom is -0.294 e. The Bertz CT molecular complexity index is 1280. The smallest absolute Gasteiger partial charge is 0.194 e. The first-order valence-corrected chi connectivity index (χ1v) is 11.5. The number of rotatable bonds is 4. The average molecular weight is 425 g/mol. The Hall–Kier alpha value is -3.00. The fraction of sp³-hybridized carbons (Fsp3) is 0.333. The van der Waals surface area contributed by atoms with Gasteiger partial charge in [0, 0.05) is 28.2 Å². The molecule has 0 N–H and O–H groups in total. The van der Waals surface area contributed by atoms with E-state index in [9.17, 15) is 9.59 Å². The second-order valence-corrected chi connectivity index (χ2v) is 9.87. The first kappa shape index (κ1) is 22.2. The summed E-state index contributed by atoms with van der Waals surface area (Å²) in [5.41, 5.74) is 11.7. The van der Waals surface area contributed by atoms with Gasteiger partial charge in [0.15, 0.2) is 11.6 Å². The van der Waals surface area contributed by atoms with E-state index in [1.54, 1.807) is 0 Å². The summed E-state index contributed by atoms with van der Waals surface area (Å²) in [6.45, 7) is 16.4. The van der Waals surface area contributed by atoms with Gasteiger partial charge in [0.05, 0.1) is 0 Å². The molecule has 0 bridgehead atoms. The molecule has 164 valence electrons. The minimum atomic E-state index is -0.119. The molecule has 2 heteroatoms. The number of Topliss-reactive ketones (excluding diaryl/α,β-unsaturated/α-hetero) is 2. The molecule has 1 aromatic rings. The van der Waals surface area contributed by atoms with Crippen LogP contribution in [0.15, 0.2) is 36.4 Å². The Morgan fingerprint density at radius 2 is 1.34 bits per heavy atom. The van der Waals surface area contributed by atoms with E-state index >= 15 is 0 Å². The number of hydrogen-bond donors (Lipinski definition) is 0. The molecule has 2 nitrogen and oxygen atoms in total. The minimum absolute atomic E-state index is 0.0373. The quantitative estimate of drug-likeness (QED) is 0.400. The molecule has 0 fully saturated rings. The summed E-state index contributed by atoms with van der Waals surface area (Å²) in [5, 5.41) is 0. The second kappa shape index (κ2) is 7.85. The zero-order valence-corrected chi connectivity index (χ0v) is 20.4. The summed E-state index contributed by atoms with van der Waals surface area (Å²) in [4.78, 5) is 26.8. The van der Waals surface area contributed by atoms with Crippen molar-refractivity contribution in [1.29, 1.82) is 0 Å². The van der Waals surface area contributed by atoms with Crippen molar-refractivity contribution in [2.45, 2.75) is 61.3 Å². The van der Waals surface area contributed by atoms with Crippen LogP contribution in [0, 0.1) is 26.7 Å². The van der Waals surface area contributed by atoms with Crippen molar-refractivity contribution in [3.05, 3.63) is 80.9 Å². The lowest BCUT2D eigenvalue weighted by Crippen LogP contribution is -2.11. The lowest BCUT2D eigenvalue weighted by atomic mass is 9.90. The molecule has 0 unspecified atom stereocenters. The molecule has 3 aliphatic rings. The van der Waals surface area contributed by atoms with Gasteiger partial charge in [-0.3, -0.25) is 9.59 Å². The summed E-state index contributed by atoms with van der Waals surface area (Å²) in [5.74, 6) is 0.428. The van der Waals surface area contributed by atoms with Gasteiger partial charge in [0.25, 0.3) is 0 Å². The predicted octanol–water partition coefficient (Wildman–Crippen LogP) is 7.81. The van der Waals surface area contributed by atoms with Crippen molar-refractivity contribution in [2.75, 3.05) is 0 Å². The van der Waals surface area contributed by atoms with Gasteiger partial charge in [-0.2, -0.15) is 0 Å². The SMILES string of the molecule is CC1=C(c2cc(C)c3cc(C(C)C)ccc(C)c2-3)C(=O)c2c(C)ccc(C(=O)C(C)C)c21. The summed E-state index contributed by atoms with van der Waals surface area (Å²) < 4.78 is 0. The van der Waals surface area contributed by atoms with Gasteiger partial charge in [0.1, 0.15) is 0 Å². The molecule has 0 spiro atoms. The van der Waals surface area contributed by atoms with Crippen molar-refractivity contribution in [2.24, 2.45) is 5.92 Å². The van der Waals surface area contributed by atoms with Crippen LogP contribution in [-0.2, 0) is 0 Å². The van der Waals surface area contributed by atoms with Crippen molar-refractivity contribution in [3.63, 3.8) is 0 Å². The van der Waals surface area contributed by atoms with Gasteiger partial charge in [-0.05, 0) is 78.1 Å². The molecule has 32 heavy (non-hydrogen) atoms. The highest BCUT2D eigenvalue weighted by molar-refractivity contribution is 6.42. The molecular formula is C30H32O2. The number of ketones is 2. The maximum Gasteiger partial charge on any atom is 0.194 e. The topological polar surface area (TPSA) is 34.1 Å². The Labute approximate surface area is 191 Å². The van der Waals surface area contributed by atoms with E-state index in [1.165, 1.54) is 16.7 Å². The van der Waals surface area contributed by atoms with Gasteiger partial charge in [-0.25, -0.2) is 0 Å². The highest BCUT2D eigenvalue weighted by Crippen LogP contribution is 2.47. The maximum absolute atomic E-state index is 13.8. The monoisotopic (exact) mass is 424 g/mol. The van der Waals surface area contributed by atoms with Crippen LogP contribution < -0.4 is 0 Å². The van der Waals surface area contributed by atoms with Crippen LogP contribution in [0.1, 0.15) is 94.6 Å². The fourth-order valence-electron chi connectivity index (χ4n) is 5.05. The Kier molecular flexibility index (Phi) is 5.45. The number of carbonyl (C=O) groups excluding carboxylic acids is 2. The van der Waals surface area contributed by atoms with Gasteiger partial charge >= 0.3 is 0 Å². The molecule has 0 saturated heterocycles. The Morgan fingerprint density at radius 1 is 0.719 bits per heavy atom. The molecule has 0 atom stereocenters. The number of fused-ring (bicyclic) bond motifs is 2. The van der Waals surface area contributed by atoms with Crippen LogP contribution in [-0.4, -0.2) is 11.6 Å². The third-order valence-electron chi connectivity index (χ3n) is 6.90. The second-order valence-electron chi connectivity index (χ2n) is 9.87. The van der Waals surface area contributed by atoms with Crippen molar-refractivity contribution in [1.82, 2.24) is 0 Å². The summed E-state index contributed by atoms with van der Waals surface area (Å²) >= 11 is 0. The van der Waals surface area contributed by atoms with Gasteiger partial charge < -0.3 is 0 Å². The molecular weight excluding hydrogens is 392 g/mol. The standard InChI is InChI=1S/C30H32O2/c1-15(2)21-11-9-17(5)25-23(14-21)19(7)13-24(25)28-20(8)27-22(29(31)16(3)4)12-10-18(6)26(27)30(28)32/h9-16H,1-8H3. The van der Waals surface area contributed by atoms with Crippen LogP contribution >= 0.6 is 0 Å². The van der Waals surface area contributed by atoms with Gasteiger partial charge in [-0.15, -0.1) is 0 Å². The highest BCUT2D eigenvalue weighted by Gasteiger charge is 2.35. The first-order chi connectivity index (χ1) is 15.0. The maximum atomic E-state index is 13.8. The Morgan fingerprint density at radius 3 is 1.97 bits per heavy atom. The number of carbonyl (C=O) groups is 2. The largest absolute Gasteiger partial charge is 0.294 e. The normalized spacial score (nSPS) is 13.6. The van der Waals surface area contributed by atoms with Crippen molar-refractivity contribution in [3.8, 4) is 11.1 Å². The zero-order chi connectivity index (χ0) is 23.5. The van der Waals surface area contributed by atoms with Crippen LogP contribution in [0.2, 0.25) is 0 Å². The summed E-state index contributed by atoms with van der Waals surface area (Å²) in [6.07, 6.45) is 0. The lowest BCUT2D eigenvalue weighted by Gasteiger charge is -2.12. The van der Waals surface area contributed by atoms with Gasteiger partial charge in [0.2, 0.25) is 0 Å². The number of benzene rings is 1. The van der Waals surface area contributed by atoms with E-state index in [4.69, 9.17) is 0 Å². The van der Waals surface area contributed by atoms with E-state index in [0.29, 0.717) is 17.0 Å². The number of hydrogen-bond acceptors (Lipinski definition) is 2. The van der Waals surface area contributed by atoms with Crippen LogP contribution in [0.3, 0.4) is 0 Å². The lowest BCUT2D eigenvalue weighted by molar-refractivity contribution is 0.0939. The molecule has 0 amide bonds. The Balaban J connectivity index is 2.01. The molecule has 3 aliphatic carbocycles. The van der Waals surface area contributed by atoms with Crippen LogP contribution in [0.5, 0.6) is 0 Å². The van der Waals surface area contributed by atoms with E-state index < -0.39 is 0 Å². The fourth-order valence-corrected chi connectivity index (χ4v) is 5.05. The van der Waals surface area contributed by atoms with Crippen LogP contribution in [0.25, 0.3) is 22.3 Å². The molecule has 4 rings (SSSR count). The molecule has 1 aromatic carbocycles. The van der Waals surface area contributed by atoms with E-state index in [-0.39, 0.29) is 17.5 Å². The number of allylic oxidation sites excluding steroid dienone is 2. The molecule has 0 saturated carbocycles. The van der Waals surface area contributed by atoms with Crippen LogP contribution in [0.4, 0.5) is 0 Å². The van der Waals surface area contributed by atoms with Crippen molar-refractivity contribution < 1.29 is 9.59 Å². The molecule has 0 heterocycles. The molecule has 0 aromatic heterocycles. The van der Waals surface area contributed by atoms with E-state index in [1.807, 2.05) is 39.8 Å². The van der Waals surface area contributed by atoms with Crippen molar-refractivity contribution >= 4 is 22.7 Å². The molecule has 0 radical (unpaired) electrons. The third-order valence-corrected chi connectivity index (χ3v) is 6.90. The third kappa shape index (κ3) is 3.24.